The summed E-state index contributed by atoms with van der Waals surface area (Å²) in [7, 11) is -0.315. The number of anilines is 1. The molecule has 6 nitrogen and oxygen atoms in total. The minimum Gasteiger partial charge on any atom is -0.380 e. The Labute approximate surface area is 134 Å². The smallest absolute Gasteiger partial charge is 0.246 e. The lowest BCUT2D eigenvalue weighted by Crippen LogP contribution is -2.46. The minimum absolute atomic E-state index is 0.0772. The van der Waals surface area contributed by atoms with Crippen molar-refractivity contribution < 1.29 is 13.2 Å². The number of rotatable bonds is 4. The number of methoxy groups -OCH3 is 1. The summed E-state index contributed by atoms with van der Waals surface area (Å²) in [6.07, 6.45) is 2.28. The van der Waals surface area contributed by atoms with Crippen molar-refractivity contribution in [2.75, 3.05) is 32.6 Å². The molecule has 2 heterocycles. The number of halogens is 1. The van der Waals surface area contributed by atoms with E-state index in [4.69, 9.17) is 4.74 Å². The fraction of sp³-hybridized carbons (Fsp3) is 0.615. The lowest BCUT2D eigenvalue weighted by Gasteiger charge is -2.35. The van der Waals surface area contributed by atoms with Crippen LogP contribution in [0.3, 0.4) is 0 Å². The van der Waals surface area contributed by atoms with E-state index in [1.165, 1.54) is 4.31 Å². The van der Waals surface area contributed by atoms with E-state index in [2.05, 4.69) is 33.2 Å². The Bertz CT molecular complexity index is 609. The Morgan fingerprint density at radius 1 is 1.52 bits per heavy atom. The molecule has 21 heavy (non-hydrogen) atoms. The third-order valence-electron chi connectivity index (χ3n) is 3.83. The highest BCUT2D eigenvalue weighted by Gasteiger charge is 2.35. The van der Waals surface area contributed by atoms with E-state index in [0.717, 1.165) is 6.42 Å². The van der Waals surface area contributed by atoms with Crippen LogP contribution in [0.5, 0.6) is 0 Å². The first kappa shape index (κ1) is 16.7. The number of nitrogens with zero attached hydrogens (tertiary/aromatic N) is 2. The van der Waals surface area contributed by atoms with Crippen LogP contribution in [0.1, 0.15) is 13.3 Å². The molecule has 0 saturated carbocycles. The van der Waals surface area contributed by atoms with Crippen molar-refractivity contribution >= 4 is 31.8 Å². The van der Waals surface area contributed by atoms with Crippen molar-refractivity contribution in [2.45, 2.75) is 24.3 Å². The first-order valence-corrected chi connectivity index (χ1v) is 8.99. The van der Waals surface area contributed by atoms with Crippen LogP contribution in [0.2, 0.25) is 0 Å². The maximum atomic E-state index is 12.9. The van der Waals surface area contributed by atoms with Crippen LogP contribution in [0, 0.1) is 5.92 Å². The molecule has 1 aliphatic rings. The fourth-order valence-electron chi connectivity index (χ4n) is 2.47. The van der Waals surface area contributed by atoms with Gasteiger partial charge in [0.1, 0.15) is 10.7 Å². The van der Waals surface area contributed by atoms with Gasteiger partial charge >= 0.3 is 0 Å². The molecule has 0 spiro atoms. The molecule has 1 saturated heterocycles. The monoisotopic (exact) mass is 377 g/mol. The molecule has 1 aromatic heterocycles. The van der Waals surface area contributed by atoms with Crippen LogP contribution < -0.4 is 5.32 Å². The van der Waals surface area contributed by atoms with Crippen LogP contribution in [0.25, 0.3) is 0 Å². The van der Waals surface area contributed by atoms with Crippen LogP contribution in [-0.2, 0) is 14.8 Å². The molecule has 1 aliphatic heterocycles. The predicted molar refractivity (Wildman–Crippen MR) is 84.8 cm³/mol. The third-order valence-corrected chi connectivity index (χ3v) is 6.14. The van der Waals surface area contributed by atoms with Gasteiger partial charge in [-0.3, -0.25) is 0 Å². The summed E-state index contributed by atoms with van der Waals surface area (Å²) in [6, 6.07) is 1.58. The van der Waals surface area contributed by atoms with E-state index in [1.807, 2.05) is 0 Å². The molecule has 2 atom stereocenters. The maximum Gasteiger partial charge on any atom is 0.246 e. The van der Waals surface area contributed by atoms with Gasteiger partial charge in [0.25, 0.3) is 0 Å². The average Bonchev–Trinajstić information content (AvgIpc) is 2.47. The van der Waals surface area contributed by atoms with Gasteiger partial charge in [-0.25, -0.2) is 13.4 Å². The molecule has 1 N–H and O–H groups in total. The Balaban J connectivity index is 2.36. The predicted octanol–water partition coefficient (Wildman–Crippen LogP) is 1.93. The van der Waals surface area contributed by atoms with Crippen molar-refractivity contribution in [1.29, 1.82) is 0 Å². The van der Waals surface area contributed by atoms with Crippen molar-refractivity contribution in [3.63, 3.8) is 0 Å². The van der Waals surface area contributed by atoms with Crippen molar-refractivity contribution in [2.24, 2.45) is 5.92 Å². The summed E-state index contributed by atoms with van der Waals surface area (Å²) >= 11 is 3.28. The molecule has 118 valence electrons. The van der Waals surface area contributed by atoms with E-state index in [1.54, 1.807) is 26.4 Å². The molecule has 1 aromatic rings. The highest BCUT2D eigenvalue weighted by Crippen LogP contribution is 2.29. The Morgan fingerprint density at radius 3 is 2.86 bits per heavy atom. The lowest BCUT2D eigenvalue weighted by atomic mass is 9.97. The molecule has 0 radical (unpaired) electrons. The molecule has 0 bridgehead atoms. The standard InChI is InChI=1S/C13H20BrN3O3S/c1-9-4-5-17(8-11(9)20-3)21(18,19)12-6-10(14)7-16-13(12)15-2/h6-7,9,11H,4-5,8H2,1-3H3,(H,15,16). The maximum absolute atomic E-state index is 12.9. The highest BCUT2D eigenvalue weighted by atomic mass is 79.9. The summed E-state index contributed by atoms with van der Waals surface area (Å²) in [5.41, 5.74) is 0. The summed E-state index contributed by atoms with van der Waals surface area (Å²) in [5.74, 6) is 0.705. The van der Waals surface area contributed by atoms with Gasteiger partial charge in [-0.1, -0.05) is 6.92 Å². The summed E-state index contributed by atoms with van der Waals surface area (Å²) in [6.45, 7) is 2.95. The third kappa shape index (κ3) is 3.39. The molecule has 0 amide bonds. The van der Waals surface area contributed by atoms with Gasteiger partial charge in [-0.05, 0) is 34.3 Å². The molecular formula is C13H20BrN3O3S. The van der Waals surface area contributed by atoms with Gasteiger partial charge in [-0.15, -0.1) is 0 Å². The number of ether oxygens (including phenoxy) is 1. The average molecular weight is 378 g/mol. The van der Waals surface area contributed by atoms with Crippen molar-refractivity contribution in [1.82, 2.24) is 9.29 Å². The van der Waals surface area contributed by atoms with Crippen LogP contribution in [0.15, 0.2) is 21.6 Å². The second-order valence-corrected chi connectivity index (χ2v) is 7.98. The van der Waals surface area contributed by atoms with E-state index in [9.17, 15) is 8.42 Å². The topological polar surface area (TPSA) is 71.5 Å². The van der Waals surface area contributed by atoms with Crippen LogP contribution >= 0.6 is 15.9 Å². The number of aromatic nitrogens is 1. The van der Waals surface area contributed by atoms with Gasteiger partial charge in [0, 0.05) is 37.9 Å². The zero-order chi connectivity index (χ0) is 15.6. The van der Waals surface area contributed by atoms with Crippen LogP contribution in [-0.4, -0.2) is 51.1 Å². The molecule has 2 unspecified atom stereocenters. The largest absolute Gasteiger partial charge is 0.380 e. The van der Waals surface area contributed by atoms with Crippen molar-refractivity contribution in [3.8, 4) is 0 Å². The first-order valence-electron chi connectivity index (χ1n) is 6.76. The molecular weight excluding hydrogens is 358 g/mol. The second-order valence-electron chi connectivity index (χ2n) is 5.15. The zero-order valence-corrected chi connectivity index (χ0v) is 14.7. The number of piperidine rings is 1. The van der Waals surface area contributed by atoms with E-state index in [-0.39, 0.29) is 11.0 Å². The Morgan fingerprint density at radius 2 is 2.24 bits per heavy atom. The number of hydrogen-bond acceptors (Lipinski definition) is 5. The van der Waals surface area contributed by atoms with Gasteiger partial charge in [0.15, 0.2) is 0 Å². The van der Waals surface area contributed by atoms with Crippen molar-refractivity contribution in [3.05, 3.63) is 16.7 Å². The lowest BCUT2D eigenvalue weighted by molar-refractivity contribution is 0.0184. The SMILES string of the molecule is CNc1ncc(Br)cc1S(=O)(=O)N1CCC(C)C(OC)C1. The fourth-order valence-corrected chi connectivity index (χ4v) is 4.60. The summed E-state index contributed by atoms with van der Waals surface area (Å²) in [5, 5.41) is 2.83. The molecule has 0 aliphatic carbocycles. The quantitative estimate of drug-likeness (QED) is 0.867. The van der Waals surface area contributed by atoms with E-state index in [0.29, 0.717) is 29.3 Å². The van der Waals surface area contributed by atoms with Gasteiger partial charge in [0.2, 0.25) is 10.0 Å². The number of nitrogens with one attached hydrogen (secondary N) is 1. The molecule has 1 fully saturated rings. The van der Waals surface area contributed by atoms with Gasteiger partial charge < -0.3 is 10.1 Å². The zero-order valence-electron chi connectivity index (χ0n) is 12.3. The van der Waals surface area contributed by atoms with E-state index >= 15 is 0 Å². The minimum atomic E-state index is -3.60. The molecule has 2 rings (SSSR count). The van der Waals surface area contributed by atoms with Gasteiger partial charge in [0.05, 0.1) is 6.10 Å². The highest BCUT2D eigenvalue weighted by molar-refractivity contribution is 9.10. The number of pyridine rings is 1. The first-order chi connectivity index (χ1) is 9.90. The number of sulfonamides is 1. The van der Waals surface area contributed by atoms with Crippen LogP contribution in [0.4, 0.5) is 5.82 Å². The Kier molecular flexibility index (Phi) is 5.24. The van der Waals surface area contributed by atoms with Gasteiger partial charge in [-0.2, -0.15) is 4.31 Å². The molecule has 8 heteroatoms. The van der Waals surface area contributed by atoms with E-state index < -0.39 is 10.0 Å². The normalized spacial score (nSPS) is 24.0. The summed E-state index contributed by atoms with van der Waals surface area (Å²) in [4.78, 5) is 4.30. The summed E-state index contributed by atoms with van der Waals surface area (Å²) < 4.78 is 33.2. The second kappa shape index (κ2) is 6.60. The molecule has 0 aromatic carbocycles. The number of hydrogen-bond donors (Lipinski definition) is 1. The Hall–Kier alpha value is -0.700.